The molecule has 12 nitrogen and oxygen atoms in total. The number of aliphatic carboxylic acids is 3. The fourth-order valence-corrected chi connectivity index (χ4v) is 14.1. The summed E-state index contributed by atoms with van der Waals surface area (Å²) in [5.41, 5.74) is 0. The van der Waals surface area contributed by atoms with Crippen LogP contribution < -0.4 is 0 Å². The molecule has 1 aliphatic rings. The summed E-state index contributed by atoms with van der Waals surface area (Å²) in [5, 5.41) is 25.9. The van der Waals surface area contributed by atoms with Gasteiger partial charge in [0.05, 0.1) is 0 Å². The first-order chi connectivity index (χ1) is 10.9. The molecule has 0 amide bonds. The van der Waals surface area contributed by atoms with Crippen LogP contribution >= 0.6 is 54.1 Å². The molecule has 1 aliphatic heterocycles. The SMILES string of the molecule is O=C(O)COP1(Cl)=NP(Cl)(OCC(=O)O)=NP(Cl)(OCC(=O)O)=N1. The Hall–Kier alpha value is -0.150. The highest BCUT2D eigenvalue weighted by Gasteiger charge is 2.38. The van der Waals surface area contributed by atoms with Crippen molar-refractivity contribution < 1.29 is 43.3 Å². The smallest absolute Gasteiger partial charge is 0.330 e. The molecule has 0 saturated heterocycles. The number of carboxylic acid groups (broad SMARTS) is 3. The molecular weight excluding hydrogens is 457 g/mol. The van der Waals surface area contributed by atoms with Crippen molar-refractivity contribution in [1.82, 2.24) is 0 Å². The van der Waals surface area contributed by atoms with Gasteiger partial charge in [0.25, 0.3) is 0 Å². The number of rotatable bonds is 9. The molecule has 0 spiro atoms. The van der Waals surface area contributed by atoms with Gasteiger partial charge in [-0.15, -0.1) is 0 Å². The average molecular weight is 466 g/mol. The van der Waals surface area contributed by atoms with Crippen LogP contribution in [-0.2, 0) is 28.0 Å². The number of halogens is 3. The molecule has 0 radical (unpaired) electrons. The monoisotopic (exact) mass is 465 g/mol. The van der Waals surface area contributed by atoms with Crippen LogP contribution in [0.15, 0.2) is 13.5 Å². The van der Waals surface area contributed by atoms with E-state index in [0.717, 1.165) is 0 Å². The van der Waals surface area contributed by atoms with E-state index < -0.39 is 58.1 Å². The van der Waals surface area contributed by atoms with E-state index in [0.29, 0.717) is 0 Å². The normalized spacial score (nSPS) is 32.1. The van der Waals surface area contributed by atoms with Crippen LogP contribution in [0.2, 0.25) is 0 Å². The lowest BCUT2D eigenvalue weighted by molar-refractivity contribution is -0.140. The number of hydrogen-bond acceptors (Lipinski definition) is 9. The van der Waals surface area contributed by atoms with Crippen LogP contribution in [0.3, 0.4) is 0 Å². The third-order valence-corrected chi connectivity index (χ3v) is 12.9. The molecule has 0 aromatic rings. The second kappa shape index (κ2) is 8.49. The van der Waals surface area contributed by atoms with Crippen LogP contribution in [0.1, 0.15) is 0 Å². The van der Waals surface area contributed by atoms with Gasteiger partial charge in [-0.25, -0.2) is 14.4 Å². The summed E-state index contributed by atoms with van der Waals surface area (Å²) in [5.74, 6) is -4.21. The molecule has 0 fully saturated rings. The van der Waals surface area contributed by atoms with Crippen molar-refractivity contribution in [3.05, 3.63) is 0 Å². The summed E-state index contributed by atoms with van der Waals surface area (Å²) in [6, 6.07) is 0. The van der Waals surface area contributed by atoms with E-state index in [-0.39, 0.29) is 0 Å². The third-order valence-electron chi connectivity index (χ3n) is 1.72. The molecule has 0 bridgehead atoms. The van der Waals surface area contributed by atoms with Crippen molar-refractivity contribution in [2.45, 2.75) is 0 Å². The third kappa shape index (κ3) is 7.39. The summed E-state index contributed by atoms with van der Waals surface area (Å²) in [6.07, 6.45) is 0. The lowest BCUT2D eigenvalue weighted by Crippen LogP contribution is -2.07. The maximum Gasteiger partial charge on any atom is 0.330 e. The maximum atomic E-state index is 10.6. The molecule has 138 valence electrons. The molecule has 0 saturated carbocycles. The predicted octanol–water partition coefficient (Wildman–Crippen LogP) is 3.86. The minimum Gasteiger partial charge on any atom is -0.480 e. The van der Waals surface area contributed by atoms with Gasteiger partial charge in [-0.3, -0.25) is 0 Å². The minimum absolute atomic E-state index is 0.921. The van der Waals surface area contributed by atoms with Crippen molar-refractivity contribution in [3.63, 3.8) is 0 Å². The zero-order chi connectivity index (χ0) is 18.6. The van der Waals surface area contributed by atoms with Crippen molar-refractivity contribution in [2.24, 2.45) is 13.5 Å². The Morgan fingerprint density at radius 3 is 1.04 bits per heavy atom. The van der Waals surface area contributed by atoms with Crippen molar-refractivity contribution in [2.75, 3.05) is 19.8 Å². The summed E-state index contributed by atoms with van der Waals surface area (Å²) >= 11 is 17.9. The molecule has 0 aromatic heterocycles. The van der Waals surface area contributed by atoms with Gasteiger partial charge >= 0.3 is 38.3 Å². The molecular formula is C6H9Cl3N3O9P3. The first kappa shape index (κ1) is 21.9. The molecule has 3 N–H and O–H groups in total. The minimum atomic E-state index is -3.83. The molecule has 0 aliphatic carbocycles. The summed E-state index contributed by atoms with van der Waals surface area (Å²) in [7, 11) is 0. The Morgan fingerprint density at radius 2 is 0.875 bits per heavy atom. The second-order valence-corrected chi connectivity index (χ2v) is 13.4. The molecule has 0 aromatic carbocycles. The van der Waals surface area contributed by atoms with E-state index >= 15 is 0 Å². The Bertz CT molecular complexity index is 613. The highest BCUT2D eigenvalue weighted by molar-refractivity contribution is 8.05. The van der Waals surface area contributed by atoms with E-state index in [1.54, 1.807) is 0 Å². The van der Waals surface area contributed by atoms with Crippen LogP contribution in [0, 0.1) is 0 Å². The first-order valence-electron chi connectivity index (χ1n) is 5.46. The average Bonchev–Trinajstić information content (AvgIpc) is 2.40. The van der Waals surface area contributed by atoms with Crippen molar-refractivity contribution >= 4 is 72.0 Å². The highest BCUT2D eigenvalue weighted by atomic mass is 35.7. The standard InChI is InChI=1S/C6H9Cl3N3O9P3/c7-22(19-1-4(13)14)10-23(8,20-2-5(15)16)12-24(9,11-22)21-3-6(17)18/h1-3H2,(H,13,14)(H,15,16)(H,17,18). The van der Waals surface area contributed by atoms with E-state index in [4.69, 9.17) is 62.6 Å². The lowest BCUT2D eigenvalue weighted by atomic mass is 10.8. The Balaban J connectivity index is 3.30. The quantitative estimate of drug-likeness (QED) is 0.426. The maximum absolute atomic E-state index is 10.6. The van der Waals surface area contributed by atoms with Crippen molar-refractivity contribution in [3.8, 4) is 0 Å². The molecule has 0 atom stereocenters. The molecule has 0 unspecified atom stereocenters. The van der Waals surface area contributed by atoms with Crippen LogP contribution in [-0.4, -0.2) is 53.0 Å². The largest absolute Gasteiger partial charge is 0.480 e. The number of carboxylic acids is 3. The predicted molar refractivity (Wildman–Crippen MR) is 86.4 cm³/mol. The van der Waals surface area contributed by atoms with Crippen molar-refractivity contribution in [1.29, 1.82) is 0 Å². The van der Waals surface area contributed by atoms with Crippen LogP contribution in [0.4, 0.5) is 0 Å². The Morgan fingerprint density at radius 1 is 0.667 bits per heavy atom. The Kier molecular flexibility index (Phi) is 7.74. The van der Waals surface area contributed by atoms with Gasteiger partial charge in [-0.1, -0.05) is 0 Å². The summed E-state index contributed by atoms with van der Waals surface area (Å²) in [6.45, 7) is -14.3. The van der Waals surface area contributed by atoms with Crippen LogP contribution in [0.25, 0.3) is 0 Å². The topological polar surface area (TPSA) is 177 Å². The van der Waals surface area contributed by atoms with Gasteiger partial charge in [-0.05, 0) is 33.7 Å². The van der Waals surface area contributed by atoms with E-state index in [9.17, 15) is 14.4 Å². The zero-order valence-electron chi connectivity index (χ0n) is 11.2. The molecule has 1 heterocycles. The van der Waals surface area contributed by atoms with Gasteiger partial charge in [0.1, 0.15) is 0 Å². The summed E-state index contributed by atoms with van der Waals surface area (Å²) in [4.78, 5) is 31.8. The zero-order valence-corrected chi connectivity index (χ0v) is 16.2. The number of carbonyl (C=O) groups is 3. The highest BCUT2D eigenvalue weighted by Crippen LogP contribution is 2.84. The molecule has 18 heteroatoms. The Labute approximate surface area is 148 Å². The second-order valence-electron chi connectivity index (χ2n) is 3.69. The van der Waals surface area contributed by atoms with Gasteiger partial charge in [0, 0.05) is 0 Å². The first-order valence-corrected chi connectivity index (χ1v) is 13.0. The fraction of sp³-hybridized carbons (Fsp3) is 0.500. The van der Waals surface area contributed by atoms with Gasteiger partial charge in [0.2, 0.25) is 0 Å². The van der Waals surface area contributed by atoms with Crippen LogP contribution in [0.5, 0.6) is 0 Å². The molecule has 1 rings (SSSR count). The number of nitrogens with zero attached hydrogens (tertiary/aromatic N) is 3. The van der Waals surface area contributed by atoms with Gasteiger partial charge < -0.3 is 28.9 Å². The lowest BCUT2D eigenvalue weighted by Gasteiger charge is -2.25. The van der Waals surface area contributed by atoms with E-state index in [2.05, 4.69) is 13.5 Å². The number of hydrogen-bond donors (Lipinski definition) is 3. The van der Waals surface area contributed by atoms with E-state index in [1.165, 1.54) is 0 Å². The van der Waals surface area contributed by atoms with E-state index in [1.807, 2.05) is 0 Å². The summed E-state index contributed by atoms with van der Waals surface area (Å²) < 4.78 is 25.6. The fourth-order valence-electron chi connectivity index (χ4n) is 1.03. The van der Waals surface area contributed by atoms with Gasteiger partial charge in [0.15, 0.2) is 19.8 Å². The van der Waals surface area contributed by atoms with Gasteiger partial charge in [-0.2, -0.15) is 13.5 Å². The molecule has 24 heavy (non-hydrogen) atoms.